The Hall–Kier alpha value is -1.65. The summed E-state index contributed by atoms with van der Waals surface area (Å²) in [5.74, 6) is -0.533. The van der Waals surface area contributed by atoms with Gasteiger partial charge in [0.05, 0.1) is 10.7 Å². The maximum absolute atomic E-state index is 13.5. The molecule has 1 N–H and O–H groups in total. The summed E-state index contributed by atoms with van der Waals surface area (Å²) in [6.45, 7) is 5.51. The van der Waals surface area contributed by atoms with Crippen LogP contribution in [0.15, 0.2) is 36.4 Å². The second-order valence-corrected chi connectivity index (χ2v) is 8.57. The molecular formula is C17H17ClFN3OS. The molecule has 0 aliphatic carbocycles. The second-order valence-electron chi connectivity index (χ2n) is 6.17. The van der Waals surface area contributed by atoms with Crippen molar-refractivity contribution in [3.63, 3.8) is 0 Å². The van der Waals surface area contributed by atoms with Gasteiger partial charge in [-0.05, 0) is 50.6 Å². The Morgan fingerprint density at radius 1 is 1.33 bits per heavy atom. The summed E-state index contributed by atoms with van der Waals surface area (Å²) in [5.41, 5.74) is 1.37. The highest BCUT2D eigenvalue weighted by Crippen LogP contribution is 2.28. The Bertz CT molecular complexity index is 773. The SMILES string of the molecule is CC(C)(C)[S@@+]([O-])NC(c1ccc(F)c(Cl)c1)c1cccc(C#N)n1. The van der Waals surface area contributed by atoms with E-state index in [1.165, 1.54) is 12.1 Å². The number of benzene rings is 1. The van der Waals surface area contributed by atoms with E-state index in [4.69, 9.17) is 16.9 Å². The van der Waals surface area contributed by atoms with Gasteiger partial charge in [-0.1, -0.05) is 23.7 Å². The number of hydrogen-bond acceptors (Lipinski definition) is 4. The third-order valence-electron chi connectivity index (χ3n) is 3.24. The lowest BCUT2D eigenvalue weighted by Crippen LogP contribution is -2.41. The molecule has 0 amide bonds. The number of rotatable bonds is 4. The van der Waals surface area contributed by atoms with Crippen molar-refractivity contribution in [1.82, 2.24) is 9.71 Å². The fourth-order valence-electron chi connectivity index (χ4n) is 1.95. The fraction of sp³-hybridized carbons (Fsp3) is 0.294. The zero-order chi connectivity index (χ0) is 17.9. The van der Waals surface area contributed by atoms with Crippen LogP contribution < -0.4 is 4.72 Å². The fourth-order valence-corrected chi connectivity index (χ4v) is 2.96. The number of nitrogens with zero attached hydrogens (tertiary/aromatic N) is 2. The van der Waals surface area contributed by atoms with Gasteiger partial charge < -0.3 is 4.55 Å². The first-order valence-corrected chi connectivity index (χ1v) is 8.75. The van der Waals surface area contributed by atoms with Gasteiger partial charge >= 0.3 is 0 Å². The summed E-state index contributed by atoms with van der Waals surface area (Å²) < 4.78 is 28.5. The molecule has 0 aliphatic heterocycles. The molecule has 2 atom stereocenters. The lowest BCUT2D eigenvalue weighted by atomic mass is 10.0. The third-order valence-corrected chi connectivity index (χ3v) is 5.09. The van der Waals surface area contributed by atoms with Crippen molar-refractivity contribution in [1.29, 1.82) is 5.26 Å². The molecule has 1 unspecified atom stereocenters. The quantitative estimate of drug-likeness (QED) is 0.834. The number of halogens is 2. The van der Waals surface area contributed by atoms with Crippen molar-refractivity contribution in [2.24, 2.45) is 0 Å². The van der Waals surface area contributed by atoms with Crippen LogP contribution in [0.25, 0.3) is 0 Å². The summed E-state index contributed by atoms with van der Waals surface area (Å²) in [5, 5.41) is 9.01. The van der Waals surface area contributed by atoms with Crippen molar-refractivity contribution < 1.29 is 8.94 Å². The molecule has 0 radical (unpaired) electrons. The molecule has 2 rings (SSSR count). The molecule has 1 heterocycles. The third kappa shape index (κ3) is 4.46. The van der Waals surface area contributed by atoms with Gasteiger partial charge in [-0.15, -0.1) is 4.72 Å². The van der Waals surface area contributed by atoms with Crippen LogP contribution in [0.1, 0.15) is 43.8 Å². The minimum Gasteiger partial charge on any atom is -0.598 e. The molecule has 0 spiro atoms. The van der Waals surface area contributed by atoms with E-state index in [0.29, 0.717) is 11.3 Å². The molecule has 0 bridgehead atoms. The molecule has 1 aromatic heterocycles. The largest absolute Gasteiger partial charge is 0.598 e. The van der Waals surface area contributed by atoms with Crippen LogP contribution in [0.3, 0.4) is 0 Å². The number of nitrogens with one attached hydrogen (secondary N) is 1. The highest BCUT2D eigenvalue weighted by Gasteiger charge is 2.31. The van der Waals surface area contributed by atoms with Crippen LogP contribution >= 0.6 is 11.6 Å². The highest BCUT2D eigenvalue weighted by atomic mass is 35.5. The Labute approximate surface area is 149 Å². The molecule has 7 heteroatoms. The minimum absolute atomic E-state index is 0.0303. The van der Waals surface area contributed by atoms with Crippen molar-refractivity contribution in [3.8, 4) is 6.07 Å². The standard InChI is InChI=1S/C17H17ClFN3OS/c1-17(2,3)24(23)22-16(11-7-8-14(19)13(18)9-11)15-6-4-5-12(10-20)21-15/h4-9,16,22H,1-3H3/t16?,24-/m1/s1. The molecular weight excluding hydrogens is 349 g/mol. The van der Waals surface area contributed by atoms with Crippen molar-refractivity contribution >= 4 is 23.0 Å². The first-order valence-electron chi connectivity index (χ1n) is 7.22. The van der Waals surface area contributed by atoms with Gasteiger partial charge in [0.1, 0.15) is 28.4 Å². The van der Waals surface area contributed by atoms with Crippen LogP contribution in [-0.4, -0.2) is 14.3 Å². The smallest absolute Gasteiger partial charge is 0.141 e. The summed E-state index contributed by atoms with van der Waals surface area (Å²) in [4.78, 5) is 4.26. The normalized spacial score (nSPS) is 14.0. The predicted octanol–water partition coefficient (Wildman–Crippen LogP) is 3.89. The van der Waals surface area contributed by atoms with Crippen LogP contribution in [0, 0.1) is 17.1 Å². The molecule has 1 aromatic carbocycles. The number of hydrogen-bond donors (Lipinski definition) is 1. The molecule has 0 saturated heterocycles. The number of pyridine rings is 1. The van der Waals surface area contributed by atoms with Gasteiger partial charge in [0.25, 0.3) is 0 Å². The van der Waals surface area contributed by atoms with E-state index in [1.54, 1.807) is 24.3 Å². The Kier molecular flexibility index (Phi) is 5.83. The zero-order valence-electron chi connectivity index (χ0n) is 13.5. The predicted molar refractivity (Wildman–Crippen MR) is 93.2 cm³/mol. The molecule has 0 fully saturated rings. The topological polar surface area (TPSA) is 71.8 Å². The summed E-state index contributed by atoms with van der Waals surface area (Å²) >= 11 is 4.48. The Morgan fingerprint density at radius 2 is 2.04 bits per heavy atom. The monoisotopic (exact) mass is 365 g/mol. The zero-order valence-corrected chi connectivity index (χ0v) is 15.1. The van der Waals surface area contributed by atoms with E-state index in [0.717, 1.165) is 0 Å². The number of nitriles is 1. The van der Waals surface area contributed by atoms with E-state index in [9.17, 15) is 8.94 Å². The lowest BCUT2D eigenvalue weighted by Gasteiger charge is -2.28. The maximum atomic E-state index is 13.5. The molecule has 126 valence electrons. The Balaban J connectivity index is 2.48. The summed E-state index contributed by atoms with van der Waals surface area (Å²) in [7, 11) is 0. The maximum Gasteiger partial charge on any atom is 0.141 e. The van der Waals surface area contributed by atoms with Gasteiger partial charge in [0.2, 0.25) is 0 Å². The lowest BCUT2D eigenvalue weighted by molar-refractivity contribution is 0.534. The molecule has 0 aliphatic rings. The molecule has 0 saturated carbocycles. The Morgan fingerprint density at radius 3 is 2.62 bits per heavy atom. The van der Waals surface area contributed by atoms with Crippen LogP contribution in [0.5, 0.6) is 0 Å². The van der Waals surface area contributed by atoms with Gasteiger partial charge in [0.15, 0.2) is 0 Å². The highest BCUT2D eigenvalue weighted by molar-refractivity contribution is 7.90. The van der Waals surface area contributed by atoms with E-state index in [-0.39, 0.29) is 10.7 Å². The van der Waals surface area contributed by atoms with Crippen molar-refractivity contribution in [2.75, 3.05) is 0 Å². The average Bonchev–Trinajstić information content (AvgIpc) is 2.54. The average molecular weight is 366 g/mol. The number of aromatic nitrogens is 1. The van der Waals surface area contributed by atoms with E-state index in [2.05, 4.69) is 9.71 Å². The van der Waals surface area contributed by atoms with E-state index >= 15 is 0 Å². The van der Waals surface area contributed by atoms with Gasteiger partial charge in [-0.25, -0.2) is 9.37 Å². The van der Waals surface area contributed by atoms with Crippen LogP contribution in [0.2, 0.25) is 5.02 Å². The van der Waals surface area contributed by atoms with Crippen molar-refractivity contribution in [3.05, 3.63) is 64.2 Å². The van der Waals surface area contributed by atoms with Gasteiger partial charge in [0, 0.05) is 11.4 Å². The molecule has 24 heavy (non-hydrogen) atoms. The minimum atomic E-state index is -1.40. The van der Waals surface area contributed by atoms with E-state index < -0.39 is 28.0 Å². The summed E-state index contributed by atoms with van der Waals surface area (Å²) in [6, 6.07) is 10.7. The van der Waals surface area contributed by atoms with Crippen LogP contribution in [0.4, 0.5) is 4.39 Å². The van der Waals surface area contributed by atoms with E-state index in [1.807, 2.05) is 26.8 Å². The molecule has 4 nitrogen and oxygen atoms in total. The van der Waals surface area contributed by atoms with Crippen LogP contribution in [-0.2, 0) is 11.4 Å². The van der Waals surface area contributed by atoms with Gasteiger partial charge in [-0.3, -0.25) is 0 Å². The summed E-state index contributed by atoms with van der Waals surface area (Å²) in [6.07, 6.45) is 0. The van der Waals surface area contributed by atoms with Gasteiger partial charge in [-0.2, -0.15) is 5.26 Å². The molecule has 2 aromatic rings. The second kappa shape index (κ2) is 7.49. The first-order chi connectivity index (χ1) is 11.2. The first kappa shape index (κ1) is 18.7. The van der Waals surface area contributed by atoms with Crippen molar-refractivity contribution in [2.45, 2.75) is 31.6 Å².